The van der Waals surface area contributed by atoms with Crippen LogP contribution in [0.3, 0.4) is 0 Å². The van der Waals surface area contributed by atoms with Crippen LogP contribution >= 0.6 is 15.9 Å². The van der Waals surface area contributed by atoms with Crippen LogP contribution < -0.4 is 9.62 Å². The molecule has 3 aliphatic rings. The zero-order valence-electron chi connectivity index (χ0n) is 19.7. The van der Waals surface area contributed by atoms with Crippen LogP contribution in [0.15, 0.2) is 45.8 Å². The minimum atomic E-state index is -3.79. The van der Waals surface area contributed by atoms with Gasteiger partial charge < -0.3 is 4.90 Å². The lowest BCUT2D eigenvalue weighted by atomic mass is 9.66. The lowest BCUT2D eigenvalue weighted by Crippen LogP contribution is -2.41. The molecule has 5 nitrogen and oxygen atoms in total. The summed E-state index contributed by atoms with van der Waals surface area (Å²) in [6.07, 6.45) is 6.36. The molecule has 2 aromatic rings. The molecule has 34 heavy (non-hydrogen) atoms. The molecule has 0 bridgehead atoms. The molecule has 0 saturated heterocycles. The molecule has 0 unspecified atom stereocenters. The van der Waals surface area contributed by atoms with Gasteiger partial charge in [0.2, 0.25) is 10.0 Å². The van der Waals surface area contributed by atoms with Crippen LogP contribution in [0.5, 0.6) is 0 Å². The molecular weight excluding hydrogens is 519 g/mol. The van der Waals surface area contributed by atoms with Gasteiger partial charge in [-0.2, -0.15) is 0 Å². The highest BCUT2D eigenvalue weighted by atomic mass is 79.9. The Bertz CT molecular complexity index is 1270. The number of nitrogens with one attached hydrogen (secondary N) is 1. The molecule has 0 radical (unpaired) electrons. The average Bonchev–Trinajstić information content (AvgIpc) is 3.45. The van der Waals surface area contributed by atoms with Crippen molar-refractivity contribution in [2.75, 3.05) is 11.4 Å². The van der Waals surface area contributed by atoms with Gasteiger partial charge in [-0.05, 0) is 111 Å². The third-order valence-corrected chi connectivity index (χ3v) is 10.0. The summed E-state index contributed by atoms with van der Waals surface area (Å²) in [6.45, 7) is 5.72. The van der Waals surface area contributed by atoms with E-state index in [1.807, 2.05) is 0 Å². The first kappa shape index (κ1) is 23.9. The Balaban J connectivity index is 1.51. The minimum Gasteiger partial charge on any atom is -0.307 e. The Kier molecular flexibility index (Phi) is 5.54. The minimum absolute atomic E-state index is 0.0396. The number of halogens is 2. The molecule has 5 rings (SSSR count). The van der Waals surface area contributed by atoms with Crippen molar-refractivity contribution in [3.05, 3.63) is 57.8 Å². The fourth-order valence-corrected chi connectivity index (χ4v) is 7.47. The summed E-state index contributed by atoms with van der Waals surface area (Å²) in [5, 5.41) is 0. The lowest BCUT2D eigenvalue weighted by Gasteiger charge is -2.38. The predicted octanol–water partition coefficient (Wildman–Crippen LogP) is 5.92. The highest BCUT2D eigenvalue weighted by molar-refractivity contribution is 9.10. The summed E-state index contributed by atoms with van der Waals surface area (Å²) >= 11 is 3.34. The number of carbonyl (C=O) groups is 1. The molecule has 8 heteroatoms. The maximum atomic E-state index is 15.5. The molecule has 2 aliphatic carbocycles. The molecule has 2 fully saturated rings. The van der Waals surface area contributed by atoms with Gasteiger partial charge in [-0.25, -0.2) is 17.5 Å². The van der Waals surface area contributed by atoms with E-state index in [2.05, 4.69) is 20.7 Å². The van der Waals surface area contributed by atoms with Crippen LogP contribution in [0.1, 0.15) is 75.2 Å². The van der Waals surface area contributed by atoms with Gasteiger partial charge in [0, 0.05) is 28.6 Å². The van der Waals surface area contributed by atoms with Crippen molar-refractivity contribution in [2.24, 2.45) is 5.41 Å². The number of nitrogens with zero attached hydrogens (tertiary/aromatic N) is 1. The molecular formula is C26H30BrFN2O3S. The monoisotopic (exact) mass is 548 g/mol. The van der Waals surface area contributed by atoms with Gasteiger partial charge in [-0.3, -0.25) is 4.79 Å². The topological polar surface area (TPSA) is 66.5 Å². The summed E-state index contributed by atoms with van der Waals surface area (Å²) in [5.41, 5.74) is 0.891. The van der Waals surface area contributed by atoms with Gasteiger partial charge in [0.15, 0.2) is 0 Å². The Labute approximate surface area is 209 Å². The average molecular weight is 550 g/mol. The highest BCUT2D eigenvalue weighted by Crippen LogP contribution is 2.62. The van der Waals surface area contributed by atoms with Gasteiger partial charge in [0.25, 0.3) is 5.91 Å². The summed E-state index contributed by atoms with van der Waals surface area (Å²) in [7, 11) is -3.79. The van der Waals surface area contributed by atoms with Crippen LogP contribution in [0, 0.1) is 11.2 Å². The zero-order chi connectivity index (χ0) is 24.5. The number of fused-ring (bicyclic) bond motifs is 2. The van der Waals surface area contributed by atoms with E-state index >= 15 is 4.39 Å². The number of hydrogen-bond donors (Lipinski definition) is 1. The van der Waals surface area contributed by atoms with Crippen LogP contribution in [0.4, 0.5) is 10.1 Å². The largest absolute Gasteiger partial charge is 0.307 e. The Morgan fingerprint density at radius 1 is 1.06 bits per heavy atom. The van der Waals surface area contributed by atoms with Crippen molar-refractivity contribution in [3.63, 3.8) is 0 Å². The van der Waals surface area contributed by atoms with Crippen LogP contribution in [0.2, 0.25) is 0 Å². The molecule has 2 spiro atoms. The quantitative estimate of drug-likeness (QED) is 0.517. The summed E-state index contributed by atoms with van der Waals surface area (Å²) < 4.78 is 44.2. The maximum absolute atomic E-state index is 15.5. The van der Waals surface area contributed by atoms with Gasteiger partial charge in [0.05, 0.1) is 15.1 Å². The zero-order valence-corrected chi connectivity index (χ0v) is 22.2. The molecule has 1 amide bonds. The van der Waals surface area contributed by atoms with Crippen LogP contribution in [-0.4, -0.2) is 26.4 Å². The van der Waals surface area contributed by atoms with Crippen molar-refractivity contribution in [2.45, 2.75) is 75.1 Å². The van der Waals surface area contributed by atoms with Crippen molar-refractivity contribution in [1.82, 2.24) is 4.72 Å². The smallest absolute Gasteiger partial charge is 0.258 e. The van der Waals surface area contributed by atoms with E-state index in [1.54, 1.807) is 49.9 Å². The number of hydrogen-bond acceptors (Lipinski definition) is 3. The Morgan fingerprint density at radius 3 is 2.32 bits per heavy atom. The molecule has 0 atom stereocenters. The van der Waals surface area contributed by atoms with Gasteiger partial charge >= 0.3 is 0 Å². The summed E-state index contributed by atoms with van der Waals surface area (Å²) in [6, 6.07) is 9.55. The second-order valence-electron chi connectivity index (χ2n) is 11.3. The number of amides is 1. The van der Waals surface area contributed by atoms with Crippen LogP contribution in [0.25, 0.3) is 0 Å². The fourth-order valence-electron chi connectivity index (χ4n) is 5.68. The van der Waals surface area contributed by atoms with E-state index < -0.39 is 21.0 Å². The summed E-state index contributed by atoms with van der Waals surface area (Å²) in [5.74, 6) is -0.593. The predicted molar refractivity (Wildman–Crippen MR) is 134 cm³/mol. The first-order valence-corrected chi connectivity index (χ1v) is 14.1. The van der Waals surface area contributed by atoms with Crippen molar-refractivity contribution in [1.29, 1.82) is 0 Å². The number of carbonyl (C=O) groups excluding carboxylic acids is 1. The lowest BCUT2D eigenvalue weighted by molar-refractivity contribution is 0.0980. The summed E-state index contributed by atoms with van der Waals surface area (Å²) in [4.78, 5) is 15.4. The molecule has 2 saturated carbocycles. The van der Waals surface area contributed by atoms with E-state index in [4.69, 9.17) is 0 Å². The molecule has 1 heterocycles. The first-order chi connectivity index (χ1) is 15.8. The SMILES string of the molecule is CC(C)(C)NS(=O)(=O)c1cccc(C(=O)N2CC3(CCC4(CC4)CC3)c3c2ccc(Br)c3F)c1. The van der Waals surface area contributed by atoms with Crippen molar-refractivity contribution >= 4 is 37.5 Å². The van der Waals surface area contributed by atoms with E-state index in [-0.39, 0.29) is 22.2 Å². The third kappa shape index (κ3) is 4.11. The van der Waals surface area contributed by atoms with Gasteiger partial charge in [-0.1, -0.05) is 6.07 Å². The number of rotatable bonds is 3. The van der Waals surface area contributed by atoms with Crippen molar-refractivity contribution in [3.8, 4) is 0 Å². The first-order valence-electron chi connectivity index (χ1n) is 11.8. The fraction of sp³-hybridized carbons (Fsp3) is 0.500. The van der Waals surface area contributed by atoms with Crippen LogP contribution in [-0.2, 0) is 15.4 Å². The second-order valence-corrected chi connectivity index (χ2v) is 13.8. The van der Waals surface area contributed by atoms with Gasteiger partial charge in [0.1, 0.15) is 5.82 Å². The molecule has 1 aliphatic heterocycles. The number of sulfonamides is 1. The van der Waals surface area contributed by atoms with E-state index in [1.165, 1.54) is 25.0 Å². The third-order valence-electron chi connectivity index (χ3n) is 7.66. The van der Waals surface area contributed by atoms with E-state index in [0.29, 0.717) is 27.7 Å². The Hall–Kier alpha value is -1.77. The molecule has 182 valence electrons. The standard InChI is InChI=1S/C26H30BrFN2O3S/c1-24(2,3)29-34(32,33)18-6-4-5-17(15-18)23(31)30-16-26(13-11-25(9-10-25)12-14-26)21-20(30)8-7-19(27)22(21)28/h4-8,15,29H,9-14,16H2,1-3H3. The highest BCUT2D eigenvalue weighted by Gasteiger charge is 2.54. The van der Waals surface area contributed by atoms with Gasteiger partial charge in [-0.15, -0.1) is 0 Å². The normalized spacial score (nSPS) is 20.6. The number of anilines is 1. The molecule has 1 N–H and O–H groups in total. The number of benzene rings is 2. The van der Waals surface area contributed by atoms with Crippen molar-refractivity contribution < 1.29 is 17.6 Å². The second kappa shape index (κ2) is 7.87. The molecule has 0 aromatic heterocycles. The Morgan fingerprint density at radius 2 is 1.71 bits per heavy atom. The molecule has 2 aromatic carbocycles. The van der Waals surface area contributed by atoms with E-state index in [0.717, 1.165) is 25.7 Å². The van der Waals surface area contributed by atoms with E-state index in [9.17, 15) is 13.2 Å². The maximum Gasteiger partial charge on any atom is 0.258 e.